The van der Waals surface area contributed by atoms with Crippen molar-refractivity contribution in [3.63, 3.8) is 0 Å². The predicted octanol–water partition coefficient (Wildman–Crippen LogP) is 3.18. The summed E-state index contributed by atoms with van der Waals surface area (Å²) in [6.07, 6.45) is 1.91. The Morgan fingerprint density at radius 2 is 2.22 bits per heavy atom. The molecule has 2 rings (SSSR count). The van der Waals surface area contributed by atoms with Gasteiger partial charge in [-0.2, -0.15) is 0 Å². The minimum absolute atomic E-state index is 0.337. The Balaban J connectivity index is 1.88. The van der Waals surface area contributed by atoms with Crippen molar-refractivity contribution in [1.29, 1.82) is 0 Å². The van der Waals surface area contributed by atoms with Gasteiger partial charge in [-0.1, -0.05) is 5.16 Å². The normalized spacial score (nSPS) is 15.6. The van der Waals surface area contributed by atoms with Crippen LogP contribution in [0, 0.1) is 3.57 Å². The summed E-state index contributed by atoms with van der Waals surface area (Å²) in [5.74, 6) is 1.48. The van der Waals surface area contributed by atoms with Crippen LogP contribution >= 0.6 is 22.6 Å². The number of amides is 1. The number of nitrogens with zero attached hydrogens (tertiary/aromatic N) is 1. The van der Waals surface area contributed by atoms with Gasteiger partial charge in [-0.05, 0) is 56.2 Å². The lowest BCUT2D eigenvalue weighted by Gasteiger charge is -2.19. The van der Waals surface area contributed by atoms with Gasteiger partial charge in [0.2, 0.25) is 0 Å². The molecule has 1 aliphatic rings. The molecule has 0 bridgehead atoms. The van der Waals surface area contributed by atoms with Gasteiger partial charge in [-0.15, -0.1) is 0 Å². The smallest absolute Gasteiger partial charge is 0.407 e. The molecule has 1 saturated carbocycles. The van der Waals surface area contributed by atoms with Crippen LogP contribution in [0.4, 0.5) is 4.79 Å². The molecule has 6 heteroatoms. The van der Waals surface area contributed by atoms with Gasteiger partial charge in [-0.3, -0.25) is 0 Å². The Hall–Kier alpha value is -0.790. The van der Waals surface area contributed by atoms with E-state index in [-0.39, 0.29) is 0 Å². The summed E-state index contributed by atoms with van der Waals surface area (Å²) in [7, 11) is 0. The average molecular weight is 364 g/mol. The first-order chi connectivity index (χ1) is 8.37. The molecule has 1 amide bonds. The number of rotatable bonds is 3. The quantitative estimate of drug-likeness (QED) is 0.837. The standard InChI is InChI=1S/C12H17IN2O3/c1-12(2,3)17-11(16)14-6-8-9(13)10(18-15-8)7-4-5-7/h7H,4-6H2,1-3H3,(H,14,16). The predicted molar refractivity (Wildman–Crippen MR) is 74.3 cm³/mol. The lowest BCUT2D eigenvalue weighted by Crippen LogP contribution is -2.32. The minimum atomic E-state index is -0.486. The summed E-state index contributed by atoms with van der Waals surface area (Å²) in [6, 6.07) is 0. The molecule has 0 aliphatic heterocycles. The van der Waals surface area contributed by atoms with E-state index in [9.17, 15) is 4.79 Å². The Morgan fingerprint density at radius 3 is 2.78 bits per heavy atom. The van der Waals surface area contributed by atoms with Crippen LogP contribution in [0.15, 0.2) is 4.52 Å². The molecular weight excluding hydrogens is 347 g/mol. The number of aromatic nitrogens is 1. The Kier molecular flexibility index (Phi) is 3.84. The first-order valence-corrected chi connectivity index (χ1v) is 7.05. The molecule has 1 aromatic heterocycles. The number of carbonyl (C=O) groups excluding carboxylic acids is 1. The SMILES string of the molecule is CC(C)(C)OC(=O)NCc1noc(C2CC2)c1I. The highest BCUT2D eigenvalue weighted by molar-refractivity contribution is 14.1. The largest absolute Gasteiger partial charge is 0.444 e. The van der Waals surface area contributed by atoms with Crippen molar-refractivity contribution in [3.05, 3.63) is 15.0 Å². The molecular formula is C12H17IN2O3. The van der Waals surface area contributed by atoms with Gasteiger partial charge < -0.3 is 14.6 Å². The average Bonchev–Trinajstić information content (AvgIpc) is 2.99. The molecule has 1 aromatic rings. The Labute approximate surface area is 120 Å². The zero-order chi connectivity index (χ0) is 13.3. The van der Waals surface area contributed by atoms with Gasteiger partial charge in [0.15, 0.2) is 5.76 Å². The van der Waals surface area contributed by atoms with Gasteiger partial charge in [0.25, 0.3) is 0 Å². The third kappa shape index (κ3) is 3.60. The fourth-order valence-corrected chi connectivity index (χ4v) is 2.33. The van der Waals surface area contributed by atoms with Crippen molar-refractivity contribution in [1.82, 2.24) is 10.5 Å². The lowest BCUT2D eigenvalue weighted by atomic mass is 10.2. The number of ether oxygens (including phenoxy) is 1. The Bertz CT molecular complexity index is 447. The number of hydrogen-bond donors (Lipinski definition) is 1. The fraction of sp³-hybridized carbons (Fsp3) is 0.667. The molecule has 1 heterocycles. The minimum Gasteiger partial charge on any atom is -0.444 e. The van der Waals surface area contributed by atoms with E-state index in [1.165, 1.54) is 12.8 Å². The molecule has 5 nitrogen and oxygen atoms in total. The molecule has 100 valence electrons. The summed E-state index contributed by atoms with van der Waals surface area (Å²) in [4.78, 5) is 11.5. The zero-order valence-electron chi connectivity index (χ0n) is 10.7. The first kappa shape index (κ1) is 13.6. The summed E-state index contributed by atoms with van der Waals surface area (Å²) < 4.78 is 11.5. The van der Waals surface area contributed by atoms with Crippen molar-refractivity contribution in [2.75, 3.05) is 0 Å². The highest BCUT2D eigenvalue weighted by Crippen LogP contribution is 2.42. The Morgan fingerprint density at radius 1 is 1.56 bits per heavy atom. The number of alkyl carbamates (subject to hydrolysis) is 1. The number of carbonyl (C=O) groups is 1. The van der Waals surface area contributed by atoms with E-state index in [1.807, 2.05) is 20.8 Å². The second-order valence-electron chi connectivity index (χ2n) is 5.44. The monoisotopic (exact) mass is 364 g/mol. The van der Waals surface area contributed by atoms with Crippen LogP contribution in [0.25, 0.3) is 0 Å². The van der Waals surface area contributed by atoms with E-state index in [4.69, 9.17) is 9.26 Å². The maximum absolute atomic E-state index is 11.5. The van der Waals surface area contributed by atoms with Crippen molar-refractivity contribution in [2.24, 2.45) is 0 Å². The number of halogens is 1. The summed E-state index contributed by atoms with van der Waals surface area (Å²) in [5.41, 5.74) is 0.281. The third-order valence-corrected chi connectivity index (χ3v) is 3.63. The van der Waals surface area contributed by atoms with Crippen molar-refractivity contribution < 1.29 is 14.1 Å². The van der Waals surface area contributed by atoms with Gasteiger partial charge >= 0.3 is 6.09 Å². The van der Waals surface area contributed by atoms with Crippen molar-refractivity contribution in [2.45, 2.75) is 51.7 Å². The van der Waals surface area contributed by atoms with Crippen LogP contribution in [0.1, 0.15) is 51.0 Å². The maximum Gasteiger partial charge on any atom is 0.407 e. The summed E-state index contributed by atoms with van der Waals surface area (Å²) in [5, 5.41) is 6.67. The number of hydrogen-bond acceptors (Lipinski definition) is 4. The van der Waals surface area contributed by atoms with Crippen molar-refractivity contribution >= 4 is 28.7 Å². The van der Waals surface area contributed by atoms with E-state index in [1.54, 1.807) is 0 Å². The summed E-state index contributed by atoms with van der Waals surface area (Å²) >= 11 is 2.22. The van der Waals surface area contributed by atoms with Gasteiger partial charge in [0, 0.05) is 5.92 Å². The van der Waals surface area contributed by atoms with E-state index in [0.717, 1.165) is 15.0 Å². The second-order valence-corrected chi connectivity index (χ2v) is 6.52. The molecule has 1 N–H and O–H groups in total. The van der Waals surface area contributed by atoms with Crippen LogP contribution < -0.4 is 5.32 Å². The van der Waals surface area contributed by atoms with Crippen LogP contribution in [-0.2, 0) is 11.3 Å². The van der Waals surface area contributed by atoms with Gasteiger partial charge in [0.1, 0.15) is 11.3 Å². The molecule has 0 aromatic carbocycles. The molecule has 0 saturated heterocycles. The lowest BCUT2D eigenvalue weighted by molar-refractivity contribution is 0.0522. The number of nitrogens with one attached hydrogen (secondary N) is 1. The van der Waals surface area contributed by atoms with Crippen LogP contribution in [-0.4, -0.2) is 16.9 Å². The molecule has 0 radical (unpaired) electrons. The fourth-order valence-electron chi connectivity index (χ4n) is 1.51. The molecule has 18 heavy (non-hydrogen) atoms. The zero-order valence-corrected chi connectivity index (χ0v) is 12.9. The van der Waals surface area contributed by atoms with Crippen molar-refractivity contribution in [3.8, 4) is 0 Å². The van der Waals surface area contributed by atoms with E-state index < -0.39 is 11.7 Å². The van der Waals surface area contributed by atoms with Gasteiger partial charge in [0.05, 0.1) is 10.1 Å². The third-order valence-electron chi connectivity index (χ3n) is 2.47. The summed E-state index contributed by atoms with van der Waals surface area (Å²) in [6.45, 7) is 5.83. The second kappa shape index (κ2) is 5.07. The highest BCUT2D eigenvalue weighted by Gasteiger charge is 2.31. The van der Waals surface area contributed by atoms with Crippen LogP contribution in [0.3, 0.4) is 0 Å². The maximum atomic E-state index is 11.5. The van der Waals surface area contributed by atoms with Gasteiger partial charge in [-0.25, -0.2) is 4.79 Å². The van der Waals surface area contributed by atoms with Crippen LogP contribution in [0.5, 0.6) is 0 Å². The van der Waals surface area contributed by atoms with Crippen LogP contribution in [0.2, 0.25) is 0 Å². The van der Waals surface area contributed by atoms with E-state index in [2.05, 4.69) is 33.1 Å². The first-order valence-electron chi connectivity index (χ1n) is 5.97. The molecule has 1 fully saturated rings. The highest BCUT2D eigenvalue weighted by atomic mass is 127. The molecule has 0 unspecified atom stereocenters. The molecule has 1 aliphatic carbocycles. The topological polar surface area (TPSA) is 64.4 Å². The van der Waals surface area contributed by atoms with E-state index in [0.29, 0.717) is 12.5 Å². The molecule has 0 spiro atoms. The molecule has 0 atom stereocenters. The van der Waals surface area contributed by atoms with E-state index >= 15 is 0 Å².